The molecule has 0 bridgehead atoms. The third-order valence-corrected chi connectivity index (χ3v) is 7.02. The lowest BCUT2D eigenvalue weighted by atomic mass is 10.00. The average molecular weight is 439 g/mol. The van der Waals surface area contributed by atoms with Crippen LogP contribution in [0.25, 0.3) is 11.1 Å². The summed E-state index contributed by atoms with van der Waals surface area (Å²) in [4.78, 5) is 13.2. The van der Waals surface area contributed by atoms with E-state index in [1.54, 1.807) is 36.4 Å². The van der Waals surface area contributed by atoms with Crippen molar-refractivity contribution in [3.63, 3.8) is 0 Å². The zero-order chi connectivity index (χ0) is 21.2. The van der Waals surface area contributed by atoms with Crippen molar-refractivity contribution in [2.45, 2.75) is 11.8 Å². The molecular weight excluding hydrogens is 416 g/mol. The molecule has 156 valence electrons. The summed E-state index contributed by atoms with van der Waals surface area (Å²) in [5, 5.41) is 9.36. The summed E-state index contributed by atoms with van der Waals surface area (Å²) in [7, 11) is -1.68. The topological polar surface area (TPSA) is 87.2 Å². The lowest BCUT2D eigenvalue weighted by molar-refractivity contribution is -0.139. The highest BCUT2D eigenvalue weighted by Crippen LogP contribution is 2.36. The summed E-state index contributed by atoms with van der Waals surface area (Å²) in [5.41, 5.74) is 2.00. The molecule has 3 rings (SSSR count). The van der Waals surface area contributed by atoms with Crippen molar-refractivity contribution in [2.24, 2.45) is 0 Å². The van der Waals surface area contributed by atoms with Crippen LogP contribution in [0.4, 0.5) is 0 Å². The molecule has 0 aromatic heterocycles. The highest BCUT2D eigenvalue weighted by atomic mass is 35.5. The number of aliphatic carboxylic acids is 1. The molecule has 1 saturated heterocycles. The predicted molar refractivity (Wildman–Crippen MR) is 111 cm³/mol. The summed E-state index contributed by atoms with van der Waals surface area (Å²) in [6.45, 7) is 3.58. The number of benzene rings is 2. The molecule has 2 aromatic carbocycles. The van der Waals surface area contributed by atoms with E-state index in [4.69, 9.17) is 21.4 Å². The number of piperazine rings is 1. The van der Waals surface area contributed by atoms with Gasteiger partial charge in [0.25, 0.3) is 0 Å². The molecule has 1 aliphatic rings. The lowest BCUT2D eigenvalue weighted by Gasteiger charge is -2.31. The van der Waals surface area contributed by atoms with Gasteiger partial charge in [-0.25, -0.2) is 13.2 Å². The number of aryl methyl sites for hydroxylation is 1. The number of hydrogen-bond acceptors (Lipinski definition) is 5. The van der Waals surface area contributed by atoms with Gasteiger partial charge in [0.15, 0.2) is 6.61 Å². The first-order valence-corrected chi connectivity index (χ1v) is 10.9. The second-order valence-electron chi connectivity index (χ2n) is 7.01. The molecule has 0 atom stereocenters. The second kappa shape index (κ2) is 8.71. The number of carboxylic acid groups (broad SMARTS) is 1. The van der Waals surface area contributed by atoms with E-state index in [0.29, 0.717) is 48.1 Å². The minimum absolute atomic E-state index is 0.187. The molecule has 7 nitrogen and oxygen atoms in total. The Labute approximate surface area is 175 Å². The largest absolute Gasteiger partial charge is 0.481 e. The summed E-state index contributed by atoms with van der Waals surface area (Å²) in [5.74, 6) is -0.775. The van der Waals surface area contributed by atoms with Crippen LogP contribution in [0.1, 0.15) is 5.56 Å². The van der Waals surface area contributed by atoms with E-state index < -0.39 is 22.6 Å². The quantitative estimate of drug-likeness (QED) is 0.746. The van der Waals surface area contributed by atoms with Gasteiger partial charge in [-0.2, -0.15) is 4.31 Å². The standard InChI is InChI=1S/C20H23ClN2O5S/c1-14-3-5-16(29(26,27)23-9-7-22(2)8-10-23)12-17(14)18-11-15(21)4-6-19(18)28-13-20(24)25/h3-6,11-12H,7-10,13H2,1-2H3,(H,24,25). The summed E-state index contributed by atoms with van der Waals surface area (Å²) in [6.07, 6.45) is 0. The zero-order valence-electron chi connectivity index (χ0n) is 16.3. The van der Waals surface area contributed by atoms with Crippen molar-refractivity contribution < 1.29 is 23.1 Å². The zero-order valence-corrected chi connectivity index (χ0v) is 17.8. The predicted octanol–water partition coefficient (Wildman–Crippen LogP) is 2.71. The van der Waals surface area contributed by atoms with Crippen molar-refractivity contribution in [1.82, 2.24) is 9.21 Å². The fourth-order valence-corrected chi connectivity index (χ4v) is 4.83. The Morgan fingerprint density at radius 1 is 1.10 bits per heavy atom. The minimum atomic E-state index is -3.64. The van der Waals surface area contributed by atoms with Gasteiger partial charge < -0.3 is 14.7 Å². The normalized spacial score (nSPS) is 16.0. The van der Waals surface area contributed by atoms with E-state index in [2.05, 4.69) is 4.90 Å². The van der Waals surface area contributed by atoms with Crippen molar-refractivity contribution in [2.75, 3.05) is 39.8 Å². The molecule has 1 N–H and O–H groups in total. The SMILES string of the molecule is Cc1ccc(S(=O)(=O)N2CCN(C)CC2)cc1-c1cc(Cl)ccc1OCC(=O)O. The Morgan fingerprint density at radius 2 is 1.79 bits per heavy atom. The van der Waals surface area contributed by atoms with Crippen molar-refractivity contribution in [3.05, 3.63) is 47.0 Å². The molecule has 0 amide bonds. The maximum Gasteiger partial charge on any atom is 0.341 e. The number of ether oxygens (including phenoxy) is 1. The number of nitrogens with zero attached hydrogens (tertiary/aromatic N) is 2. The molecule has 0 aliphatic carbocycles. The van der Waals surface area contributed by atoms with Crippen molar-refractivity contribution >= 4 is 27.6 Å². The summed E-state index contributed by atoms with van der Waals surface area (Å²) >= 11 is 6.14. The maximum absolute atomic E-state index is 13.1. The third-order valence-electron chi connectivity index (χ3n) is 4.89. The molecule has 0 unspecified atom stereocenters. The van der Waals surface area contributed by atoms with Gasteiger partial charge in [-0.15, -0.1) is 0 Å². The van der Waals surface area contributed by atoms with Gasteiger partial charge in [-0.1, -0.05) is 17.7 Å². The molecule has 1 heterocycles. The van der Waals surface area contributed by atoms with E-state index >= 15 is 0 Å². The van der Waals surface area contributed by atoms with Gasteiger partial charge in [0.1, 0.15) is 5.75 Å². The smallest absolute Gasteiger partial charge is 0.341 e. The van der Waals surface area contributed by atoms with Gasteiger partial charge in [0.2, 0.25) is 10.0 Å². The monoisotopic (exact) mass is 438 g/mol. The molecule has 2 aromatic rings. The molecule has 9 heteroatoms. The maximum atomic E-state index is 13.1. The first kappa shape index (κ1) is 21.6. The van der Waals surface area contributed by atoms with Crippen LogP contribution >= 0.6 is 11.6 Å². The number of rotatable bonds is 6. The summed E-state index contributed by atoms with van der Waals surface area (Å²) in [6, 6.07) is 9.76. The first-order valence-electron chi connectivity index (χ1n) is 9.12. The van der Waals surface area contributed by atoms with Crippen LogP contribution in [0, 0.1) is 6.92 Å². The van der Waals surface area contributed by atoms with Crippen molar-refractivity contribution in [1.29, 1.82) is 0 Å². The molecule has 1 fully saturated rings. The molecule has 0 radical (unpaired) electrons. The van der Waals surface area contributed by atoms with Crippen LogP contribution < -0.4 is 4.74 Å². The Bertz CT molecular complexity index is 1020. The van der Waals surface area contributed by atoms with E-state index in [1.165, 1.54) is 4.31 Å². The second-order valence-corrected chi connectivity index (χ2v) is 9.38. The molecular formula is C20H23ClN2O5S. The van der Waals surface area contributed by atoms with E-state index in [9.17, 15) is 13.2 Å². The highest BCUT2D eigenvalue weighted by molar-refractivity contribution is 7.89. The van der Waals surface area contributed by atoms with Crippen LogP contribution in [0.15, 0.2) is 41.3 Å². The first-order chi connectivity index (χ1) is 13.7. The molecule has 0 saturated carbocycles. The number of sulfonamides is 1. The van der Waals surface area contributed by atoms with Crippen LogP contribution in [0.3, 0.4) is 0 Å². The van der Waals surface area contributed by atoms with Gasteiger partial charge in [-0.05, 0) is 55.4 Å². The Hall–Kier alpha value is -2.13. The van der Waals surface area contributed by atoms with Gasteiger partial charge in [-0.3, -0.25) is 0 Å². The van der Waals surface area contributed by atoms with Crippen LogP contribution in [-0.2, 0) is 14.8 Å². The molecule has 0 spiro atoms. The van der Waals surface area contributed by atoms with Crippen molar-refractivity contribution in [3.8, 4) is 16.9 Å². The minimum Gasteiger partial charge on any atom is -0.481 e. The highest BCUT2D eigenvalue weighted by Gasteiger charge is 2.28. The van der Waals surface area contributed by atoms with E-state index in [1.807, 2.05) is 14.0 Å². The van der Waals surface area contributed by atoms with Gasteiger partial charge in [0.05, 0.1) is 4.90 Å². The fourth-order valence-electron chi connectivity index (χ4n) is 3.21. The summed E-state index contributed by atoms with van der Waals surface area (Å²) < 4.78 is 33.1. The van der Waals surface area contributed by atoms with Gasteiger partial charge in [0, 0.05) is 36.8 Å². The number of likely N-dealkylation sites (N-methyl/N-ethyl adjacent to an activating group) is 1. The average Bonchev–Trinajstić information content (AvgIpc) is 2.67. The number of carboxylic acids is 1. The number of hydrogen-bond donors (Lipinski definition) is 1. The lowest BCUT2D eigenvalue weighted by Crippen LogP contribution is -2.47. The van der Waals surface area contributed by atoms with E-state index in [-0.39, 0.29) is 4.90 Å². The Morgan fingerprint density at radius 3 is 2.45 bits per heavy atom. The number of carbonyl (C=O) groups is 1. The third kappa shape index (κ3) is 4.90. The molecule has 1 aliphatic heterocycles. The van der Waals surface area contributed by atoms with Gasteiger partial charge >= 0.3 is 5.97 Å². The Balaban J connectivity index is 2.02. The van der Waals surface area contributed by atoms with E-state index in [0.717, 1.165) is 5.56 Å². The number of halogens is 1. The molecule has 29 heavy (non-hydrogen) atoms. The van der Waals surface area contributed by atoms with Crippen LogP contribution in [0.2, 0.25) is 5.02 Å². The van der Waals surface area contributed by atoms with Crippen LogP contribution in [-0.4, -0.2) is 68.5 Å². The fraction of sp³-hybridized carbons (Fsp3) is 0.350. The Kier molecular flexibility index (Phi) is 6.48. The van der Waals surface area contributed by atoms with Crippen LogP contribution in [0.5, 0.6) is 5.75 Å².